The number of rotatable bonds is 5. The molecule has 1 aromatic carbocycles. The highest BCUT2D eigenvalue weighted by molar-refractivity contribution is 5.60. The summed E-state index contributed by atoms with van der Waals surface area (Å²) in [5, 5.41) is 8.73. The molecule has 0 aromatic heterocycles. The van der Waals surface area contributed by atoms with Crippen molar-refractivity contribution in [3.63, 3.8) is 0 Å². The van der Waals surface area contributed by atoms with Crippen molar-refractivity contribution in [3.05, 3.63) is 18.2 Å². The first-order chi connectivity index (χ1) is 8.43. The van der Waals surface area contributed by atoms with Gasteiger partial charge in [0, 0.05) is 36.6 Å². The van der Waals surface area contributed by atoms with Crippen LogP contribution in [-0.4, -0.2) is 19.2 Å². The molecule has 0 aliphatic rings. The van der Waals surface area contributed by atoms with Crippen molar-refractivity contribution in [1.29, 1.82) is 5.26 Å². The van der Waals surface area contributed by atoms with Gasteiger partial charge in [-0.15, -0.1) is 0 Å². The number of hydrogen-bond acceptors (Lipinski definition) is 4. The third-order valence-electron chi connectivity index (χ3n) is 2.74. The zero-order valence-electron chi connectivity index (χ0n) is 11.5. The van der Waals surface area contributed by atoms with E-state index in [0.717, 1.165) is 11.4 Å². The molecule has 0 radical (unpaired) electrons. The molecule has 0 bridgehead atoms. The van der Waals surface area contributed by atoms with E-state index in [2.05, 4.69) is 6.07 Å². The number of hydrogen-bond donors (Lipinski definition) is 1. The lowest BCUT2D eigenvalue weighted by molar-refractivity contribution is 0.242. The van der Waals surface area contributed by atoms with Gasteiger partial charge in [-0.3, -0.25) is 0 Å². The second-order valence-electron chi connectivity index (χ2n) is 4.75. The molecule has 2 N–H and O–H groups in total. The molecule has 1 rings (SSSR count). The molecule has 0 aliphatic carbocycles. The van der Waals surface area contributed by atoms with E-state index in [1.165, 1.54) is 0 Å². The van der Waals surface area contributed by atoms with E-state index in [9.17, 15) is 0 Å². The zero-order valence-corrected chi connectivity index (χ0v) is 11.5. The molecule has 18 heavy (non-hydrogen) atoms. The molecule has 0 saturated heterocycles. The fourth-order valence-corrected chi connectivity index (χ4v) is 1.67. The van der Waals surface area contributed by atoms with Crippen LogP contribution in [0.15, 0.2) is 18.2 Å². The monoisotopic (exact) mass is 247 g/mol. The fraction of sp³-hybridized carbons (Fsp3) is 0.500. The first kappa shape index (κ1) is 14.2. The van der Waals surface area contributed by atoms with Crippen molar-refractivity contribution >= 4 is 11.4 Å². The van der Waals surface area contributed by atoms with Crippen molar-refractivity contribution in [2.24, 2.45) is 0 Å². The second kappa shape index (κ2) is 6.15. The average Bonchev–Trinajstić information content (AvgIpc) is 2.26. The molecule has 0 heterocycles. The first-order valence-electron chi connectivity index (χ1n) is 6.11. The Labute approximate surface area is 109 Å². The molecule has 1 unspecified atom stereocenters. The maximum Gasteiger partial charge on any atom is 0.123 e. The van der Waals surface area contributed by atoms with E-state index in [4.69, 9.17) is 15.7 Å². The Balaban J connectivity index is 2.95. The minimum absolute atomic E-state index is 0.112. The lowest BCUT2D eigenvalue weighted by atomic mass is 10.2. The molecule has 0 fully saturated rings. The highest BCUT2D eigenvalue weighted by Crippen LogP contribution is 2.27. The fourth-order valence-electron chi connectivity index (χ4n) is 1.67. The maximum absolute atomic E-state index is 8.73. The molecular formula is C14H21N3O. The lowest BCUT2D eigenvalue weighted by Crippen LogP contribution is -2.28. The summed E-state index contributed by atoms with van der Waals surface area (Å²) in [5.41, 5.74) is 7.51. The summed E-state index contributed by atoms with van der Waals surface area (Å²) in [7, 11) is 1.95. The van der Waals surface area contributed by atoms with Crippen LogP contribution in [0.3, 0.4) is 0 Å². The predicted octanol–water partition coefficient (Wildman–Crippen LogP) is 2.79. The second-order valence-corrected chi connectivity index (χ2v) is 4.75. The van der Waals surface area contributed by atoms with Gasteiger partial charge in [0.25, 0.3) is 0 Å². The van der Waals surface area contributed by atoms with Crippen LogP contribution in [0.2, 0.25) is 0 Å². The highest BCUT2D eigenvalue weighted by Gasteiger charge is 2.11. The standard InChI is InChI=1S/C14H21N3O/c1-10(2)18-14-8-12(16)7-13(9-14)17(4)11(3)5-6-15/h7-11H,5,16H2,1-4H3. The van der Waals surface area contributed by atoms with Crippen molar-refractivity contribution < 1.29 is 4.74 Å². The molecule has 0 amide bonds. The van der Waals surface area contributed by atoms with Crippen LogP contribution >= 0.6 is 0 Å². The van der Waals surface area contributed by atoms with E-state index in [0.29, 0.717) is 12.1 Å². The van der Waals surface area contributed by atoms with Gasteiger partial charge in [0.2, 0.25) is 0 Å². The number of benzene rings is 1. The van der Waals surface area contributed by atoms with Crippen LogP contribution in [0.25, 0.3) is 0 Å². The molecule has 0 spiro atoms. The summed E-state index contributed by atoms with van der Waals surface area (Å²) in [5.74, 6) is 0.760. The average molecular weight is 247 g/mol. The van der Waals surface area contributed by atoms with Gasteiger partial charge in [0.05, 0.1) is 18.6 Å². The molecular weight excluding hydrogens is 226 g/mol. The summed E-state index contributed by atoms with van der Waals surface area (Å²) >= 11 is 0. The number of anilines is 2. The van der Waals surface area contributed by atoms with Gasteiger partial charge in [0.1, 0.15) is 5.75 Å². The number of nitriles is 1. The van der Waals surface area contributed by atoms with Crippen molar-refractivity contribution in [2.75, 3.05) is 17.7 Å². The normalized spacial score (nSPS) is 12.0. The third kappa shape index (κ3) is 3.85. The quantitative estimate of drug-likeness (QED) is 0.813. The van der Waals surface area contributed by atoms with E-state index in [1.54, 1.807) is 0 Å². The van der Waals surface area contributed by atoms with Crippen LogP contribution in [0.1, 0.15) is 27.2 Å². The topological polar surface area (TPSA) is 62.3 Å². The van der Waals surface area contributed by atoms with Crippen LogP contribution in [-0.2, 0) is 0 Å². The molecule has 0 saturated carbocycles. The number of nitrogens with zero attached hydrogens (tertiary/aromatic N) is 2. The first-order valence-corrected chi connectivity index (χ1v) is 6.11. The summed E-state index contributed by atoms with van der Waals surface area (Å²) < 4.78 is 5.65. The van der Waals surface area contributed by atoms with E-state index < -0.39 is 0 Å². The summed E-state index contributed by atoms with van der Waals surface area (Å²) in [4.78, 5) is 2.03. The largest absolute Gasteiger partial charge is 0.491 e. The number of nitrogen functional groups attached to an aromatic ring is 1. The zero-order chi connectivity index (χ0) is 13.7. The van der Waals surface area contributed by atoms with E-state index in [1.807, 2.05) is 50.9 Å². The van der Waals surface area contributed by atoms with Crippen LogP contribution in [0, 0.1) is 11.3 Å². The van der Waals surface area contributed by atoms with Gasteiger partial charge < -0.3 is 15.4 Å². The maximum atomic E-state index is 8.73. The van der Waals surface area contributed by atoms with E-state index in [-0.39, 0.29) is 12.1 Å². The van der Waals surface area contributed by atoms with Crippen molar-refractivity contribution in [3.8, 4) is 11.8 Å². The van der Waals surface area contributed by atoms with Gasteiger partial charge in [-0.05, 0) is 26.8 Å². The Bertz CT molecular complexity index is 437. The van der Waals surface area contributed by atoms with Gasteiger partial charge in [0.15, 0.2) is 0 Å². The molecule has 1 aromatic rings. The SMILES string of the molecule is CC(C)Oc1cc(N)cc(N(C)C(C)CC#N)c1. The number of nitrogens with two attached hydrogens (primary N) is 1. The molecule has 0 aliphatic heterocycles. The smallest absolute Gasteiger partial charge is 0.123 e. The van der Waals surface area contributed by atoms with E-state index >= 15 is 0 Å². The third-order valence-corrected chi connectivity index (χ3v) is 2.74. The molecule has 98 valence electrons. The predicted molar refractivity (Wildman–Crippen MR) is 74.7 cm³/mol. The summed E-state index contributed by atoms with van der Waals surface area (Å²) in [6.45, 7) is 5.96. The van der Waals surface area contributed by atoms with Gasteiger partial charge >= 0.3 is 0 Å². The lowest BCUT2D eigenvalue weighted by Gasteiger charge is -2.26. The highest BCUT2D eigenvalue weighted by atomic mass is 16.5. The van der Waals surface area contributed by atoms with Crippen LogP contribution in [0.4, 0.5) is 11.4 Å². The van der Waals surface area contributed by atoms with Crippen LogP contribution in [0.5, 0.6) is 5.75 Å². The number of ether oxygens (including phenoxy) is 1. The minimum Gasteiger partial charge on any atom is -0.491 e. The molecule has 4 heteroatoms. The van der Waals surface area contributed by atoms with Crippen LogP contribution < -0.4 is 15.4 Å². The Morgan fingerprint density at radius 1 is 1.33 bits per heavy atom. The van der Waals surface area contributed by atoms with Gasteiger partial charge in [-0.1, -0.05) is 0 Å². The summed E-state index contributed by atoms with van der Waals surface area (Å²) in [6.07, 6.45) is 0.590. The van der Waals surface area contributed by atoms with Gasteiger partial charge in [-0.25, -0.2) is 0 Å². The van der Waals surface area contributed by atoms with Gasteiger partial charge in [-0.2, -0.15) is 5.26 Å². The Hall–Kier alpha value is -1.89. The summed E-state index contributed by atoms with van der Waals surface area (Å²) in [6, 6.07) is 7.97. The van der Waals surface area contributed by atoms with Crippen molar-refractivity contribution in [1.82, 2.24) is 0 Å². The van der Waals surface area contributed by atoms with Crippen molar-refractivity contribution in [2.45, 2.75) is 39.3 Å². The Morgan fingerprint density at radius 2 is 2.00 bits per heavy atom. The molecule has 4 nitrogen and oxygen atoms in total. The Morgan fingerprint density at radius 3 is 2.56 bits per heavy atom. The minimum atomic E-state index is 0.112. The molecule has 1 atom stereocenters. The Kier molecular flexibility index (Phi) is 4.85.